The molecule has 1 heterocycles. The molecule has 0 unspecified atom stereocenters. The molecular formula is C14H17Cl2N3O2. The average molecular weight is 330 g/mol. The molecule has 1 fully saturated rings. The summed E-state index contributed by atoms with van der Waals surface area (Å²) in [6.45, 7) is 1.96. The van der Waals surface area contributed by atoms with Crippen molar-refractivity contribution in [2.45, 2.75) is 19.3 Å². The summed E-state index contributed by atoms with van der Waals surface area (Å²) in [7, 11) is 0. The molecule has 5 nitrogen and oxygen atoms in total. The first-order valence-electron chi connectivity index (χ1n) is 6.84. The molecule has 2 rings (SSSR count). The fourth-order valence-electron chi connectivity index (χ4n) is 2.16. The second-order valence-electron chi connectivity index (χ2n) is 4.85. The van der Waals surface area contributed by atoms with Crippen molar-refractivity contribution >= 4 is 40.8 Å². The van der Waals surface area contributed by atoms with Gasteiger partial charge in [0, 0.05) is 31.7 Å². The third kappa shape index (κ3) is 4.79. The Labute approximate surface area is 133 Å². The third-order valence-electron chi connectivity index (χ3n) is 3.26. The molecule has 0 aliphatic carbocycles. The number of likely N-dealkylation sites (tertiary alicyclic amines) is 1. The molecule has 114 valence electrons. The Balaban J connectivity index is 1.71. The van der Waals surface area contributed by atoms with Crippen LogP contribution >= 0.6 is 23.2 Å². The maximum atomic E-state index is 11.8. The normalized spacial score (nSPS) is 14.1. The van der Waals surface area contributed by atoms with E-state index in [1.54, 1.807) is 18.2 Å². The first kappa shape index (κ1) is 15.9. The predicted molar refractivity (Wildman–Crippen MR) is 83.9 cm³/mol. The summed E-state index contributed by atoms with van der Waals surface area (Å²) >= 11 is 11.7. The summed E-state index contributed by atoms with van der Waals surface area (Å²) in [6, 6.07) is 4.46. The number of urea groups is 1. The van der Waals surface area contributed by atoms with Gasteiger partial charge in [0.1, 0.15) is 0 Å². The number of rotatable bonds is 4. The number of hydrogen-bond acceptors (Lipinski definition) is 2. The van der Waals surface area contributed by atoms with E-state index in [1.165, 1.54) is 0 Å². The second-order valence-corrected chi connectivity index (χ2v) is 5.66. The summed E-state index contributed by atoms with van der Waals surface area (Å²) < 4.78 is 0. The van der Waals surface area contributed by atoms with Crippen LogP contribution in [0, 0.1) is 0 Å². The van der Waals surface area contributed by atoms with Gasteiger partial charge in [0.05, 0.1) is 10.0 Å². The molecule has 0 bridgehead atoms. The summed E-state index contributed by atoms with van der Waals surface area (Å²) in [4.78, 5) is 25.3. The maximum Gasteiger partial charge on any atom is 0.319 e. The van der Waals surface area contributed by atoms with Crippen LogP contribution in [-0.2, 0) is 4.79 Å². The van der Waals surface area contributed by atoms with Gasteiger partial charge in [0.2, 0.25) is 5.91 Å². The first-order valence-corrected chi connectivity index (χ1v) is 7.59. The smallest absolute Gasteiger partial charge is 0.319 e. The molecule has 1 saturated heterocycles. The minimum Gasteiger partial charge on any atom is -0.343 e. The standard InChI is InChI=1S/C14H17Cl2N3O2/c15-11-4-3-10(9-12(11)16)18-14(21)17-6-5-13(20)19-7-1-2-8-19/h3-4,9H,1-2,5-8H2,(H2,17,18,21). The predicted octanol–water partition coefficient (Wildman–Crippen LogP) is 3.13. The van der Waals surface area contributed by atoms with Gasteiger partial charge >= 0.3 is 6.03 Å². The van der Waals surface area contributed by atoms with Crippen molar-refractivity contribution in [3.05, 3.63) is 28.2 Å². The van der Waals surface area contributed by atoms with Crippen molar-refractivity contribution < 1.29 is 9.59 Å². The van der Waals surface area contributed by atoms with Crippen LogP contribution in [0.4, 0.5) is 10.5 Å². The number of carbonyl (C=O) groups excluding carboxylic acids is 2. The van der Waals surface area contributed by atoms with Crippen molar-refractivity contribution in [1.82, 2.24) is 10.2 Å². The Hall–Kier alpha value is -1.46. The summed E-state index contributed by atoms with van der Waals surface area (Å²) in [6.07, 6.45) is 2.45. The van der Waals surface area contributed by atoms with E-state index >= 15 is 0 Å². The zero-order valence-electron chi connectivity index (χ0n) is 11.5. The van der Waals surface area contributed by atoms with E-state index in [9.17, 15) is 9.59 Å². The third-order valence-corrected chi connectivity index (χ3v) is 4.00. The molecule has 0 spiro atoms. The Bertz CT molecular complexity index is 531. The highest BCUT2D eigenvalue weighted by molar-refractivity contribution is 6.42. The Morgan fingerprint density at radius 3 is 2.52 bits per heavy atom. The summed E-state index contributed by atoms with van der Waals surface area (Å²) in [5.74, 6) is 0.0855. The van der Waals surface area contributed by atoms with E-state index in [-0.39, 0.29) is 11.9 Å². The number of amides is 3. The van der Waals surface area contributed by atoms with E-state index in [0.717, 1.165) is 25.9 Å². The molecule has 0 radical (unpaired) electrons. The lowest BCUT2D eigenvalue weighted by atomic mass is 10.3. The van der Waals surface area contributed by atoms with Crippen LogP contribution in [0.25, 0.3) is 0 Å². The van der Waals surface area contributed by atoms with Gasteiger partial charge in [-0.15, -0.1) is 0 Å². The van der Waals surface area contributed by atoms with Crippen LogP contribution in [0.3, 0.4) is 0 Å². The van der Waals surface area contributed by atoms with Crippen LogP contribution in [0.1, 0.15) is 19.3 Å². The van der Waals surface area contributed by atoms with Gasteiger partial charge in [-0.3, -0.25) is 4.79 Å². The number of nitrogens with zero attached hydrogens (tertiary/aromatic N) is 1. The van der Waals surface area contributed by atoms with Crippen molar-refractivity contribution in [2.75, 3.05) is 25.0 Å². The zero-order chi connectivity index (χ0) is 15.2. The van der Waals surface area contributed by atoms with E-state index in [0.29, 0.717) is 28.7 Å². The fourth-order valence-corrected chi connectivity index (χ4v) is 2.45. The molecule has 7 heteroatoms. The first-order chi connectivity index (χ1) is 10.1. The highest BCUT2D eigenvalue weighted by Crippen LogP contribution is 2.24. The summed E-state index contributed by atoms with van der Waals surface area (Å²) in [5, 5.41) is 6.08. The molecule has 0 atom stereocenters. The number of benzene rings is 1. The van der Waals surface area contributed by atoms with Crippen LogP contribution in [0.2, 0.25) is 10.0 Å². The van der Waals surface area contributed by atoms with Gasteiger partial charge < -0.3 is 15.5 Å². The van der Waals surface area contributed by atoms with Gasteiger partial charge in [-0.2, -0.15) is 0 Å². The lowest BCUT2D eigenvalue weighted by Crippen LogP contribution is -2.34. The number of anilines is 1. The molecule has 0 saturated carbocycles. The van der Waals surface area contributed by atoms with Crippen LogP contribution in [-0.4, -0.2) is 36.5 Å². The molecule has 3 amide bonds. The number of hydrogen-bond donors (Lipinski definition) is 2. The SMILES string of the molecule is O=C(NCCC(=O)N1CCCC1)Nc1ccc(Cl)c(Cl)c1. The maximum absolute atomic E-state index is 11.8. The van der Waals surface area contributed by atoms with Gasteiger partial charge in [-0.1, -0.05) is 23.2 Å². The van der Waals surface area contributed by atoms with Gasteiger partial charge in [-0.25, -0.2) is 4.79 Å². The highest BCUT2D eigenvalue weighted by atomic mass is 35.5. The number of halogens is 2. The zero-order valence-corrected chi connectivity index (χ0v) is 13.0. The van der Waals surface area contributed by atoms with Crippen molar-refractivity contribution in [2.24, 2.45) is 0 Å². The molecule has 2 N–H and O–H groups in total. The van der Waals surface area contributed by atoms with Crippen molar-refractivity contribution in [1.29, 1.82) is 0 Å². The molecular weight excluding hydrogens is 313 g/mol. The van der Waals surface area contributed by atoms with Gasteiger partial charge in [0.15, 0.2) is 0 Å². The molecule has 21 heavy (non-hydrogen) atoms. The molecule has 0 aromatic heterocycles. The molecule has 1 aliphatic heterocycles. The Morgan fingerprint density at radius 2 is 1.86 bits per heavy atom. The number of carbonyl (C=O) groups is 2. The van der Waals surface area contributed by atoms with Crippen LogP contribution in [0.15, 0.2) is 18.2 Å². The fraction of sp³-hybridized carbons (Fsp3) is 0.429. The number of nitrogens with one attached hydrogen (secondary N) is 2. The van der Waals surface area contributed by atoms with Crippen LogP contribution < -0.4 is 10.6 Å². The Kier molecular flexibility index (Phi) is 5.70. The van der Waals surface area contributed by atoms with Crippen molar-refractivity contribution in [3.63, 3.8) is 0 Å². The topological polar surface area (TPSA) is 61.4 Å². The quantitative estimate of drug-likeness (QED) is 0.891. The van der Waals surface area contributed by atoms with E-state index in [2.05, 4.69) is 10.6 Å². The molecule has 1 aromatic rings. The Morgan fingerprint density at radius 1 is 1.14 bits per heavy atom. The average Bonchev–Trinajstić information content (AvgIpc) is 2.97. The summed E-state index contributed by atoms with van der Waals surface area (Å²) in [5.41, 5.74) is 0.549. The largest absolute Gasteiger partial charge is 0.343 e. The lowest BCUT2D eigenvalue weighted by molar-refractivity contribution is -0.129. The van der Waals surface area contributed by atoms with E-state index < -0.39 is 0 Å². The molecule has 1 aromatic carbocycles. The lowest BCUT2D eigenvalue weighted by Gasteiger charge is -2.15. The van der Waals surface area contributed by atoms with Gasteiger partial charge in [-0.05, 0) is 31.0 Å². The van der Waals surface area contributed by atoms with Crippen LogP contribution in [0.5, 0.6) is 0 Å². The highest BCUT2D eigenvalue weighted by Gasteiger charge is 2.17. The minimum absolute atomic E-state index is 0.0855. The monoisotopic (exact) mass is 329 g/mol. The van der Waals surface area contributed by atoms with Crippen molar-refractivity contribution in [3.8, 4) is 0 Å². The minimum atomic E-state index is -0.373. The second kappa shape index (κ2) is 7.52. The van der Waals surface area contributed by atoms with E-state index in [4.69, 9.17) is 23.2 Å². The molecule has 1 aliphatic rings. The van der Waals surface area contributed by atoms with Gasteiger partial charge in [0.25, 0.3) is 0 Å². The van der Waals surface area contributed by atoms with E-state index in [1.807, 2.05) is 4.90 Å².